The summed E-state index contributed by atoms with van der Waals surface area (Å²) in [4.78, 5) is 1.73. The summed E-state index contributed by atoms with van der Waals surface area (Å²) in [6.45, 7) is 0.594. The third-order valence-corrected chi connectivity index (χ3v) is 4.07. The van der Waals surface area contributed by atoms with E-state index in [4.69, 9.17) is 0 Å². The second-order valence-corrected chi connectivity index (χ2v) is 5.67. The molecule has 1 fully saturated rings. The Morgan fingerprint density at radius 2 is 1.70 bits per heavy atom. The molecule has 130 valence electrons. The number of alkyl halides is 6. The maximum atomic E-state index is 12.8. The van der Waals surface area contributed by atoms with Crippen LogP contribution in [0.25, 0.3) is 0 Å². The number of piperidine rings is 1. The van der Waals surface area contributed by atoms with E-state index in [0.717, 1.165) is 12.1 Å². The monoisotopic (exact) mass is 340 g/mol. The highest BCUT2D eigenvalue weighted by molar-refractivity contribution is 5.55. The van der Waals surface area contributed by atoms with Gasteiger partial charge in [-0.25, -0.2) is 0 Å². The molecule has 1 N–H and O–H groups in total. The quantitative estimate of drug-likeness (QED) is 0.830. The minimum Gasteiger partial charge on any atom is -0.371 e. The fourth-order valence-electron chi connectivity index (χ4n) is 2.85. The lowest BCUT2D eigenvalue weighted by atomic mass is 9.95. The topological polar surface area (TPSA) is 15.3 Å². The van der Waals surface area contributed by atoms with E-state index in [1.807, 2.05) is 0 Å². The zero-order valence-electron chi connectivity index (χ0n) is 12.6. The molecular formula is C15H18F6N2. The van der Waals surface area contributed by atoms with Crippen molar-refractivity contribution in [2.24, 2.45) is 5.92 Å². The van der Waals surface area contributed by atoms with E-state index in [1.165, 1.54) is 6.07 Å². The van der Waals surface area contributed by atoms with Gasteiger partial charge in [-0.15, -0.1) is 0 Å². The SMILES string of the molecule is CNCc1cc(C(F)(F)F)ccc1N1CCC(C(F)(F)F)CC1. The van der Waals surface area contributed by atoms with Gasteiger partial charge in [0.05, 0.1) is 11.5 Å². The van der Waals surface area contributed by atoms with Crippen LogP contribution in [0.5, 0.6) is 0 Å². The van der Waals surface area contributed by atoms with Gasteiger partial charge >= 0.3 is 12.4 Å². The smallest absolute Gasteiger partial charge is 0.371 e. The van der Waals surface area contributed by atoms with Gasteiger partial charge in [-0.2, -0.15) is 26.3 Å². The molecular weight excluding hydrogens is 322 g/mol. The number of hydrogen-bond acceptors (Lipinski definition) is 2. The van der Waals surface area contributed by atoms with Gasteiger partial charge in [0.15, 0.2) is 0 Å². The van der Waals surface area contributed by atoms with Gasteiger partial charge in [0.25, 0.3) is 0 Å². The first-order chi connectivity index (χ1) is 10.6. The van der Waals surface area contributed by atoms with Crippen LogP contribution in [0.1, 0.15) is 24.0 Å². The van der Waals surface area contributed by atoms with Crippen LogP contribution in [-0.4, -0.2) is 26.3 Å². The van der Waals surface area contributed by atoms with Gasteiger partial charge in [-0.05, 0) is 43.7 Å². The molecule has 2 rings (SSSR count). The van der Waals surface area contributed by atoms with Crippen molar-refractivity contribution in [3.05, 3.63) is 29.3 Å². The van der Waals surface area contributed by atoms with Crippen LogP contribution in [0.3, 0.4) is 0 Å². The number of nitrogens with zero attached hydrogens (tertiary/aromatic N) is 1. The molecule has 0 spiro atoms. The molecule has 1 aromatic rings. The van der Waals surface area contributed by atoms with E-state index in [1.54, 1.807) is 11.9 Å². The molecule has 1 aliphatic heterocycles. The Labute approximate surface area is 130 Å². The van der Waals surface area contributed by atoms with E-state index >= 15 is 0 Å². The standard InChI is InChI=1S/C15H18F6N2/c1-22-9-10-8-12(15(19,20)21)2-3-13(10)23-6-4-11(5-7-23)14(16,17)18/h2-3,8,11,22H,4-7,9H2,1H3. The van der Waals surface area contributed by atoms with Gasteiger partial charge in [0.1, 0.15) is 0 Å². The molecule has 23 heavy (non-hydrogen) atoms. The third kappa shape index (κ3) is 4.31. The highest BCUT2D eigenvalue weighted by Crippen LogP contribution is 2.37. The molecule has 1 aliphatic rings. The van der Waals surface area contributed by atoms with Crippen LogP contribution in [-0.2, 0) is 12.7 Å². The summed E-state index contributed by atoms with van der Waals surface area (Å²) in [7, 11) is 1.61. The first-order valence-corrected chi connectivity index (χ1v) is 7.29. The van der Waals surface area contributed by atoms with Crippen LogP contribution in [0.2, 0.25) is 0 Å². The van der Waals surface area contributed by atoms with E-state index in [-0.39, 0.29) is 32.5 Å². The average Bonchev–Trinajstić information content (AvgIpc) is 2.46. The van der Waals surface area contributed by atoms with E-state index in [9.17, 15) is 26.3 Å². The van der Waals surface area contributed by atoms with Crippen molar-refractivity contribution in [3.63, 3.8) is 0 Å². The highest BCUT2D eigenvalue weighted by Gasteiger charge is 2.41. The van der Waals surface area contributed by atoms with Gasteiger partial charge in [-0.3, -0.25) is 0 Å². The average molecular weight is 340 g/mol. The molecule has 0 unspecified atom stereocenters. The fraction of sp³-hybridized carbons (Fsp3) is 0.600. The number of anilines is 1. The third-order valence-electron chi connectivity index (χ3n) is 4.07. The summed E-state index contributed by atoms with van der Waals surface area (Å²) < 4.78 is 76.5. The Hall–Kier alpha value is -1.44. The number of benzene rings is 1. The van der Waals surface area contributed by atoms with Gasteiger partial charge in [0, 0.05) is 25.3 Å². The Morgan fingerprint density at radius 1 is 1.09 bits per heavy atom. The van der Waals surface area contributed by atoms with Crippen molar-refractivity contribution >= 4 is 5.69 Å². The summed E-state index contributed by atoms with van der Waals surface area (Å²) in [6.07, 6.45) is -8.72. The number of hydrogen-bond donors (Lipinski definition) is 1. The molecule has 0 aliphatic carbocycles. The first-order valence-electron chi connectivity index (χ1n) is 7.29. The summed E-state index contributed by atoms with van der Waals surface area (Å²) in [5, 5.41) is 2.80. The van der Waals surface area contributed by atoms with Crippen LogP contribution in [0, 0.1) is 5.92 Å². The minimum atomic E-state index is -4.44. The van der Waals surface area contributed by atoms with Crippen molar-refractivity contribution < 1.29 is 26.3 Å². The molecule has 0 saturated carbocycles. The predicted molar refractivity (Wildman–Crippen MR) is 75.2 cm³/mol. The zero-order chi connectivity index (χ0) is 17.3. The maximum absolute atomic E-state index is 12.8. The van der Waals surface area contributed by atoms with Gasteiger partial charge in [-0.1, -0.05) is 0 Å². The molecule has 8 heteroatoms. The van der Waals surface area contributed by atoms with Crippen molar-refractivity contribution in [1.82, 2.24) is 5.32 Å². The summed E-state index contributed by atoms with van der Waals surface area (Å²) >= 11 is 0. The Balaban J connectivity index is 2.20. The molecule has 0 amide bonds. The summed E-state index contributed by atoms with van der Waals surface area (Å²) in [5.41, 5.74) is 0.248. The Bertz CT molecular complexity index is 530. The zero-order valence-corrected chi connectivity index (χ0v) is 12.6. The molecule has 1 heterocycles. The van der Waals surface area contributed by atoms with Crippen LogP contribution < -0.4 is 10.2 Å². The molecule has 0 bridgehead atoms. The number of rotatable bonds is 3. The highest BCUT2D eigenvalue weighted by atomic mass is 19.4. The summed E-state index contributed by atoms with van der Waals surface area (Å²) in [6, 6.07) is 3.38. The second-order valence-electron chi connectivity index (χ2n) is 5.67. The minimum absolute atomic E-state index is 0.0382. The number of halogens is 6. The largest absolute Gasteiger partial charge is 0.416 e. The van der Waals surface area contributed by atoms with Gasteiger partial charge < -0.3 is 10.2 Å². The number of nitrogens with one attached hydrogen (secondary N) is 1. The Kier molecular flexibility index (Phi) is 5.13. The van der Waals surface area contributed by atoms with Crippen molar-refractivity contribution in [1.29, 1.82) is 0 Å². The molecule has 0 radical (unpaired) electrons. The molecule has 1 saturated heterocycles. The van der Waals surface area contributed by atoms with Crippen molar-refractivity contribution in [2.45, 2.75) is 31.7 Å². The van der Waals surface area contributed by atoms with E-state index in [0.29, 0.717) is 11.3 Å². The lowest BCUT2D eigenvalue weighted by Gasteiger charge is -2.35. The summed E-state index contributed by atoms with van der Waals surface area (Å²) in [5.74, 6) is -1.33. The first kappa shape index (κ1) is 17.9. The van der Waals surface area contributed by atoms with Crippen molar-refractivity contribution in [3.8, 4) is 0 Å². The lowest BCUT2D eigenvalue weighted by Crippen LogP contribution is -2.39. The van der Waals surface area contributed by atoms with Crippen LogP contribution in [0.4, 0.5) is 32.0 Å². The van der Waals surface area contributed by atoms with Crippen LogP contribution >= 0.6 is 0 Å². The van der Waals surface area contributed by atoms with Crippen LogP contribution in [0.15, 0.2) is 18.2 Å². The van der Waals surface area contributed by atoms with Gasteiger partial charge in [0.2, 0.25) is 0 Å². The maximum Gasteiger partial charge on any atom is 0.416 e. The lowest BCUT2D eigenvalue weighted by molar-refractivity contribution is -0.179. The normalized spacial score (nSPS) is 17.6. The Morgan fingerprint density at radius 3 is 2.17 bits per heavy atom. The molecule has 2 nitrogen and oxygen atoms in total. The fourth-order valence-corrected chi connectivity index (χ4v) is 2.85. The second kappa shape index (κ2) is 6.59. The van der Waals surface area contributed by atoms with E-state index in [2.05, 4.69) is 5.32 Å². The predicted octanol–water partition coefficient (Wildman–Crippen LogP) is 4.20. The van der Waals surface area contributed by atoms with E-state index < -0.39 is 23.8 Å². The molecule has 0 atom stereocenters. The molecule has 0 aromatic heterocycles. The molecule has 1 aromatic carbocycles. The van der Waals surface area contributed by atoms with Crippen molar-refractivity contribution in [2.75, 3.05) is 25.0 Å².